The first kappa shape index (κ1) is 11.3. The summed E-state index contributed by atoms with van der Waals surface area (Å²) < 4.78 is 1.73. The summed E-state index contributed by atoms with van der Waals surface area (Å²) in [5.41, 5.74) is 0.862. The molecule has 0 amide bonds. The van der Waals surface area contributed by atoms with E-state index in [1.165, 1.54) is 25.7 Å². The Morgan fingerprint density at radius 1 is 1.56 bits per heavy atom. The van der Waals surface area contributed by atoms with Crippen molar-refractivity contribution < 1.29 is 4.79 Å². The zero-order chi connectivity index (χ0) is 11.4. The molecule has 1 N–H and O–H groups in total. The second-order valence-electron chi connectivity index (χ2n) is 4.56. The minimum atomic E-state index is 0.227. The van der Waals surface area contributed by atoms with Crippen molar-refractivity contribution in [3.8, 4) is 0 Å². The SMILES string of the molecule is Cn1ccc(CC(=O)CNC2CCCC2)n1. The van der Waals surface area contributed by atoms with E-state index in [9.17, 15) is 4.79 Å². The summed E-state index contributed by atoms with van der Waals surface area (Å²) in [6, 6.07) is 2.46. The van der Waals surface area contributed by atoms with Crippen LogP contribution in [0.25, 0.3) is 0 Å². The predicted molar refractivity (Wildman–Crippen MR) is 62.2 cm³/mol. The molecule has 0 unspecified atom stereocenters. The highest BCUT2D eigenvalue weighted by Crippen LogP contribution is 2.17. The smallest absolute Gasteiger partial charge is 0.152 e. The Labute approximate surface area is 96.0 Å². The molecule has 1 aromatic rings. The molecule has 4 heteroatoms. The highest BCUT2D eigenvalue weighted by molar-refractivity contribution is 5.82. The molecule has 1 saturated carbocycles. The molecule has 1 heterocycles. The summed E-state index contributed by atoms with van der Waals surface area (Å²) >= 11 is 0. The number of nitrogens with zero attached hydrogens (tertiary/aromatic N) is 2. The Bertz CT molecular complexity index is 353. The molecule has 1 aromatic heterocycles. The van der Waals surface area contributed by atoms with E-state index in [2.05, 4.69) is 10.4 Å². The van der Waals surface area contributed by atoms with Gasteiger partial charge in [0.05, 0.1) is 18.7 Å². The van der Waals surface area contributed by atoms with Gasteiger partial charge in [0.25, 0.3) is 0 Å². The van der Waals surface area contributed by atoms with Crippen LogP contribution < -0.4 is 5.32 Å². The molecule has 1 aliphatic rings. The Balaban J connectivity index is 1.71. The van der Waals surface area contributed by atoms with E-state index < -0.39 is 0 Å². The van der Waals surface area contributed by atoms with Gasteiger partial charge in [-0.05, 0) is 18.9 Å². The van der Waals surface area contributed by atoms with Gasteiger partial charge in [-0.25, -0.2) is 0 Å². The molecule has 88 valence electrons. The molecule has 0 bridgehead atoms. The first-order valence-corrected chi connectivity index (χ1v) is 5.97. The Hall–Kier alpha value is -1.16. The molecule has 0 aromatic carbocycles. The van der Waals surface area contributed by atoms with Crippen molar-refractivity contribution in [1.29, 1.82) is 0 Å². The molecule has 0 saturated heterocycles. The zero-order valence-corrected chi connectivity index (χ0v) is 9.78. The van der Waals surface area contributed by atoms with E-state index in [0.717, 1.165) is 5.69 Å². The lowest BCUT2D eigenvalue weighted by Gasteiger charge is -2.10. The van der Waals surface area contributed by atoms with Gasteiger partial charge in [-0.15, -0.1) is 0 Å². The fourth-order valence-corrected chi connectivity index (χ4v) is 2.21. The lowest BCUT2D eigenvalue weighted by atomic mass is 10.2. The maximum Gasteiger partial charge on any atom is 0.152 e. The summed E-state index contributed by atoms with van der Waals surface area (Å²) in [5.74, 6) is 0.227. The van der Waals surface area contributed by atoms with Crippen molar-refractivity contribution in [3.63, 3.8) is 0 Å². The molecule has 16 heavy (non-hydrogen) atoms. The van der Waals surface area contributed by atoms with Crippen molar-refractivity contribution >= 4 is 5.78 Å². The molecular weight excluding hydrogens is 202 g/mol. The van der Waals surface area contributed by atoms with Crippen molar-refractivity contribution in [2.24, 2.45) is 7.05 Å². The Morgan fingerprint density at radius 3 is 2.94 bits per heavy atom. The van der Waals surface area contributed by atoms with Crippen molar-refractivity contribution in [2.45, 2.75) is 38.1 Å². The topological polar surface area (TPSA) is 46.9 Å². The molecule has 1 fully saturated rings. The molecule has 0 radical (unpaired) electrons. The first-order valence-electron chi connectivity index (χ1n) is 5.97. The van der Waals surface area contributed by atoms with Crippen LogP contribution >= 0.6 is 0 Å². The van der Waals surface area contributed by atoms with Crippen LogP contribution in [0.1, 0.15) is 31.4 Å². The van der Waals surface area contributed by atoms with Crippen molar-refractivity contribution in [2.75, 3.05) is 6.54 Å². The maximum absolute atomic E-state index is 11.7. The molecule has 1 aliphatic carbocycles. The number of hydrogen-bond acceptors (Lipinski definition) is 3. The number of nitrogens with one attached hydrogen (secondary N) is 1. The van der Waals surface area contributed by atoms with Crippen LogP contribution in [0.4, 0.5) is 0 Å². The minimum Gasteiger partial charge on any atom is -0.307 e. The van der Waals surface area contributed by atoms with Crippen LogP contribution in [0.5, 0.6) is 0 Å². The number of Topliss-reactive ketones (excluding diaryl/α,β-unsaturated/α-hetero) is 1. The third kappa shape index (κ3) is 3.17. The second kappa shape index (κ2) is 5.25. The predicted octanol–water partition coefficient (Wildman–Crippen LogP) is 1.06. The average Bonchev–Trinajstić information content (AvgIpc) is 2.87. The van der Waals surface area contributed by atoms with Crippen LogP contribution in [-0.2, 0) is 18.3 Å². The highest BCUT2D eigenvalue weighted by atomic mass is 16.1. The number of rotatable bonds is 5. The van der Waals surface area contributed by atoms with E-state index in [1.807, 2.05) is 19.3 Å². The number of hydrogen-bond donors (Lipinski definition) is 1. The van der Waals surface area contributed by atoms with Crippen molar-refractivity contribution in [3.05, 3.63) is 18.0 Å². The summed E-state index contributed by atoms with van der Waals surface area (Å²) in [7, 11) is 1.87. The number of aryl methyl sites for hydroxylation is 1. The van der Waals surface area contributed by atoms with Gasteiger partial charge in [0, 0.05) is 19.3 Å². The third-order valence-electron chi connectivity index (χ3n) is 3.09. The summed E-state index contributed by atoms with van der Waals surface area (Å²) in [5, 5.41) is 7.52. The van der Waals surface area contributed by atoms with Crippen LogP contribution in [-0.4, -0.2) is 28.2 Å². The standard InChI is InChI=1S/C12H19N3O/c1-15-7-6-11(14-15)8-12(16)9-13-10-4-2-3-5-10/h6-7,10,13H,2-5,8-9H2,1H3. The van der Waals surface area contributed by atoms with E-state index in [0.29, 0.717) is 19.0 Å². The molecule has 4 nitrogen and oxygen atoms in total. The number of aromatic nitrogens is 2. The average molecular weight is 221 g/mol. The van der Waals surface area contributed by atoms with Crippen molar-refractivity contribution in [1.82, 2.24) is 15.1 Å². The number of ketones is 1. The van der Waals surface area contributed by atoms with Gasteiger partial charge < -0.3 is 5.32 Å². The normalized spacial score (nSPS) is 16.8. The lowest BCUT2D eigenvalue weighted by Crippen LogP contribution is -2.32. The molecule has 0 aliphatic heterocycles. The third-order valence-corrected chi connectivity index (χ3v) is 3.09. The van der Waals surface area contributed by atoms with Crippen LogP contribution in [0.15, 0.2) is 12.3 Å². The Morgan fingerprint density at radius 2 is 2.31 bits per heavy atom. The van der Waals surface area contributed by atoms with Gasteiger partial charge in [0.1, 0.15) is 0 Å². The molecule has 0 atom stereocenters. The fraction of sp³-hybridized carbons (Fsp3) is 0.667. The molecule has 2 rings (SSSR count). The van der Waals surface area contributed by atoms with Crippen LogP contribution in [0, 0.1) is 0 Å². The van der Waals surface area contributed by atoms with E-state index in [-0.39, 0.29) is 5.78 Å². The van der Waals surface area contributed by atoms with Crippen LogP contribution in [0.3, 0.4) is 0 Å². The second-order valence-corrected chi connectivity index (χ2v) is 4.56. The monoisotopic (exact) mass is 221 g/mol. The molecular formula is C12H19N3O. The highest BCUT2D eigenvalue weighted by Gasteiger charge is 2.15. The van der Waals surface area contributed by atoms with Gasteiger partial charge in [-0.1, -0.05) is 12.8 Å². The zero-order valence-electron chi connectivity index (χ0n) is 9.78. The lowest BCUT2D eigenvalue weighted by molar-refractivity contribution is -0.117. The fourth-order valence-electron chi connectivity index (χ4n) is 2.21. The quantitative estimate of drug-likeness (QED) is 0.809. The minimum absolute atomic E-state index is 0.227. The maximum atomic E-state index is 11.7. The Kier molecular flexibility index (Phi) is 3.72. The summed E-state index contributed by atoms with van der Waals surface area (Å²) in [6.07, 6.45) is 7.35. The van der Waals surface area contributed by atoms with Gasteiger partial charge in [0.15, 0.2) is 5.78 Å². The van der Waals surface area contributed by atoms with Gasteiger partial charge in [-0.2, -0.15) is 5.10 Å². The largest absolute Gasteiger partial charge is 0.307 e. The summed E-state index contributed by atoms with van der Waals surface area (Å²) in [4.78, 5) is 11.7. The van der Waals surface area contributed by atoms with Gasteiger partial charge in [-0.3, -0.25) is 9.48 Å². The van der Waals surface area contributed by atoms with Gasteiger partial charge >= 0.3 is 0 Å². The van der Waals surface area contributed by atoms with Gasteiger partial charge in [0.2, 0.25) is 0 Å². The van der Waals surface area contributed by atoms with E-state index >= 15 is 0 Å². The van der Waals surface area contributed by atoms with Crippen LogP contribution in [0.2, 0.25) is 0 Å². The first-order chi connectivity index (χ1) is 7.74. The van der Waals surface area contributed by atoms with E-state index in [4.69, 9.17) is 0 Å². The van der Waals surface area contributed by atoms with E-state index in [1.54, 1.807) is 4.68 Å². The number of carbonyl (C=O) groups is 1. The summed E-state index contributed by atoms with van der Waals surface area (Å²) in [6.45, 7) is 0.487. The number of carbonyl (C=O) groups excluding carboxylic acids is 1. The molecule has 0 spiro atoms.